The van der Waals surface area contributed by atoms with Crippen LogP contribution in [0, 0.1) is 0 Å². The Kier molecular flexibility index (Phi) is 3.99. The largest absolute Gasteiger partial charge is 0.497 e. The zero-order valence-electron chi connectivity index (χ0n) is 11.1. The maximum absolute atomic E-state index is 5.15. The second-order valence-electron chi connectivity index (χ2n) is 4.33. The molecule has 0 saturated heterocycles. The van der Waals surface area contributed by atoms with Gasteiger partial charge in [-0.1, -0.05) is 12.1 Å². The summed E-state index contributed by atoms with van der Waals surface area (Å²) in [5, 5.41) is 3.46. The SMILES string of the molecule is COc1ccc([C@@H](C)NCc2nccn2C)cc1. The highest BCUT2D eigenvalue weighted by molar-refractivity contribution is 5.28. The van der Waals surface area contributed by atoms with Crippen LogP contribution >= 0.6 is 0 Å². The van der Waals surface area contributed by atoms with E-state index in [1.165, 1.54) is 5.56 Å². The quantitative estimate of drug-likeness (QED) is 0.878. The van der Waals surface area contributed by atoms with Crippen LogP contribution in [0.4, 0.5) is 0 Å². The van der Waals surface area contributed by atoms with Crippen LogP contribution in [0.15, 0.2) is 36.7 Å². The maximum Gasteiger partial charge on any atom is 0.122 e. The van der Waals surface area contributed by atoms with Crippen LogP contribution < -0.4 is 10.1 Å². The fraction of sp³-hybridized carbons (Fsp3) is 0.357. The molecule has 0 saturated carbocycles. The summed E-state index contributed by atoms with van der Waals surface area (Å²) in [6, 6.07) is 8.40. The van der Waals surface area contributed by atoms with E-state index in [1.54, 1.807) is 7.11 Å². The van der Waals surface area contributed by atoms with E-state index in [0.29, 0.717) is 0 Å². The number of nitrogens with one attached hydrogen (secondary N) is 1. The number of ether oxygens (including phenoxy) is 1. The third-order valence-corrected chi connectivity index (χ3v) is 3.10. The van der Waals surface area contributed by atoms with Gasteiger partial charge in [0.1, 0.15) is 11.6 Å². The molecule has 18 heavy (non-hydrogen) atoms. The molecular weight excluding hydrogens is 226 g/mol. The number of methoxy groups -OCH3 is 1. The van der Waals surface area contributed by atoms with Gasteiger partial charge in [-0.2, -0.15) is 0 Å². The molecule has 0 bridgehead atoms. The molecule has 2 rings (SSSR count). The Morgan fingerprint density at radius 2 is 2.06 bits per heavy atom. The molecule has 1 aromatic heterocycles. The van der Waals surface area contributed by atoms with Crippen molar-refractivity contribution in [1.29, 1.82) is 0 Å². The number of imidazole rings is 1. The van der Waals surface area contributed by atoms with Crippen molar-refractivity contribution in [2.45, 2.75) is 19.5 Å². The standard InChI is InChI=1S/C14H19N3O/c1-11(12-4-6-13(18-3)7-5-12)16-10-14-15-8-9-17(14)2/h4-9,11,16H,10H2,1-3H3/t11-/m1/s1. The van der Waals surface area contributed by atoms with Crippen molar-refractivity contribution in [1.82, 2.24) is 14.9 Å². The van der Waals surface area contributed by atoms with E-state index in [1.807, 2.05) is 36.1 Å². The molecule has 0 amide bonds. The average molecular weight is 245 g/mol. The molecule has 0 radical (unpaired) electrons. The van der Waals surface area contributed by atoms with Gasteiger partial charge < -0.3 is 14.6 Å². The first-order chi connectivity index (χ1) is 8.70. The summed E-state index contributed by atoms with van der Waals surface area (Å²) in [7, 11) is 3.68. The summed E-state index contributed by atoms with van der Waals surface area (Å²) in [5.74, 6) is 1.92. The van der Waals surface area contributed by atoms with Gasteiger partial charge in [0.25, 0.3) is 0 Å². The van der Waals surface area contributed by atoms with Gasteiger partial charge in [-0.05, 0) is 24.6 Å². The van der Waals surface area contributed by atoms with Crippen LogP contribution in [0.2, 0.25) is 0 Å². The summed E-state index contributed by atoms with van der Waals surface area (Å²) in [6.07, 6.45) is 3.77. The zero-order valence-corrected chi connectivity index (χ0v) is 11.1. The van der Waals surface area contributed by atoms with Crippen LogP contribution in [-0.4, -0.2) is 16.7 Å². The van der Waals surface area contributed by atoms with Crippen molar-refractivity contribution in [3.05, 3.63) is 48.0 Å². The van der Waals surface area contributed by atoms with E-state index in [2.05, 4.69) is 29.4 Å². The molecule has 0 aliphatic carbocycles. The first-order valence-electron chi connectivity index (χ1n) is 6.04. The fourth-order valence-electron chi connectivity index (χ4n) is 1.82. The van der Waals surface area contributed by atoms with Crippen molar-refractivity contribution in [2.75, 3.05) is 7.11 Å². The Balaban J connectivity index is 1.94. The lowest BCUT2D eigenvalue weighted by molar-refractivity contribution is 0.414. The molecule has 4 nitrogen and oxygen atoms in total. The highest BCUT2D eigenvalue weighted by Gasteiger charge is 2.06. The summed E-state index contributed by atoms with van der Waals surface area (Å²) >= 11 is 0. The predicted molar refractivity (Wildman–Crippen MR) is 71.5 cm³/mol. The third kappa shape index (κ3) is 2.90. The van der Waals surface area contributed by atoms with Gasteiger partial charge in [0.15, 0.2) is 0 Å². The van der Waals surface area contributed by atoms with E-state index < -0.39 is 0 Å². The lowest BCUT2D eigenvalue weighted by Crippen LogP contribution is -2.20. The number of aromatic nitrogens is 2. The molecule has 0 spiro atoms. The van der Waals surface area contributed by atoms with Gasteiger partial charge in [-0.3, -0.25) is 0 Å². The number of benzene rings is 1. The van der Waals surface area contributed by atoms with Gasteiger partial charge in [-0.15, -0.1) is 0 Å². The summed E-state index contributed by atoms with van der Waals surface area (Å²) in [6.45, 7) is 2.90. The molecule has 1 N–H and O–H groups in total. The first kappa shape index (κ1) is 12.6. The molecule has 0 fully saturated rings. The Bertz CT molecular complexity index is 490. The van der Waals surface area contributed by atoms with Crippen LogP contribution in [0.25, 0.3) is 0 Å². The Labute approximate surface area is 108 Å². The molecule has 0 aliphatic heterocycles. The van der Waals surface area contributed by atoms with E-state index in [0.717, 1.165) is 18.1 Å². The summed E-state index contributed by atoms with van der Waals surface area (Å²) in [4.78, 5) is 4.29. The highest BCUT2D eigenvalue weighted by atomic mass is 16.5. The zero-order chi connectivity index (χ0) is 13.0. The summed E-state index contributed by atoms with van der Waals surface area (Å²) < 4.78 is 7.17. The smallest absolute Gasteiger partial charge is 0.122 e. The van der Waals surface area contributed by atoms with Crippen molar-refractivity contribution < 1.29 is 4.74 Å². The normalized spacial score (nSPS) is 12.4. The summed E-state index contributed by atoms with van der Waals surface area (Å²) in [5.41, 5.74) is 1.24. The monoisotopic (exact) mass is 245 g/mol. The lowest BCUT2D eigenvalue weighted by atomic mass is 10.1. The maximum atomic E-state index is 5.15. The number of hydrogen-bond donors (Lipinski definition) is 1. The Morgan fingerprint density at radius 1 is 1.33 bits per heavy atom. The van der Waals surface area contributed by atoms with Crippen LogP contribution in [-0.2, 0) is 13.6 Å². The van der Waals surface area contributed by atoms with Crippen molar-refractivity contribution in [2.24, 2.45) is 7.05 Å². The van der Waals surface area contributed by atoms with E-state index in [9.17, 15) is 0 Å². The van der Waals surface area contributed by atoms with Crippen molar-refractivity contribution in [3.8, 4) is 5.75 Å². The van der Waals surface area contributed by atoms with E-state index >= 15 is 0 Å². The highest BCUT2D eigenvalue weighted by Crippen LogP contribution is 2.17. The number of aryl methyl sites for hydroxylation is 1. The minimum atomic E-state index is 0.285. The van der Waals surface area contributed by atoms with Crippen molar-refractivity contribution >= 4 is 0 Å². The van der Waals surface area contributed by atoms with Crippen LogP contribution in [0.1, 0.15) is 24.4 Å². The van der Waals surface area contributed by atoms with Crippen LogP contribution in [0.5, 0.6) is 5.75 Å². The minimum absolute atomic E-state index is 0.285. The second-order valence-corrected chi connectivity index (χ2v) is 4.33. The molecule has 1 atom stereocenters. The van der Waals surface area contributed by atoms with E-state index in [-0.39, 0.29) is 6.04 Å². The Morgan fingerprint density at radius 3 is 2.61 bits per heavy atom. The molecule has 4 heteroatoms. The first-order valence-corrected chi connectivity index (χ1v) is 6.04. The van der Waals surface area contributed by atoms with Gasteiger partial charge in [0.05, 0.1) is 13.7 Å². The lowest BCUT2D eigenvalue weighted by Gasteiger charge is -2.14. The predicted octanol–water partition coefficient (Wildman–Crippen LogP) is 2.28. The van der Waals surface area contributed by atoms with Crippen molar-refractivity contribution in [3.63, 3.8) is 0 Å². The molecule has 1 aromatic carbocycles. The van der Waals surface area contributed by atoms with Gasteiger partial charge in [-0.25, -0.2) is 4.98 Å². The number of hydrogen-bond acceptors (Lipinski definition) is 3. The Hall–Kier alpha value is -1.81. The molecular formula is C14H19N3O. The average Bonchev–Trinajstić information content (AvgIpc) is 2.81. The van der Waals surface area contributed by atoms with Gasteiger partial charge >= 0.3 is 0 Å². The van der Waals surface area contributed by atoms with E-state index in [4.69, 9.17) is 4.74 Å². The molecule has 0 unspecified atom stereocenters. The molecule has 96 valence electrons. The van der Waals surface area contributed by atoms with Crippen LogP contribution in [0.3, 0.4) is 0 Å². The van der Waals surface area contributed by atoms with Gasteiger partial charge in [0, 0.05) is 25.5 Å². The second kappa shape index (κ2) is 5.69. The third-order valence-electron chi connectivity index (χ3n) is 3.10. The molecule has 0 aliphatic rings. The molecule has 1 heterocycles. The molecule has 2 aromatic rings. The number of rotatable bonds is 5. The minimum Gasteiger partial charge on any atom is -0.497 e. The van der Waals surface area contributed by atoms with Gasteiger partial charge in [0.2, 0.25) is 0 Å². The topological polar surface area (TPSA) is 39.1 Å². The number of nitrogens with zero attached hydrogens (tertiary/aromatic N) is 2. The fourth-order valence-corrected chi connectivity index (χ4v) is 1.82.